The van der Waals surface area contributed by atoms with Crippen molar-refractivity contribution in [2.24, 2.45) is 5.92 Å². The molecule has 35 heavy (non-hydrogen) atoms. The van der Waals surface area contributed by atoms with Gasteiger partial charge in [0.1, 0.15) is 5.82 Å². The van der Waals surface area contributed by atoms with Crippen molar-refractivity contribution in [1.82, 2.24) is 35.4 Å². The summed E-state index contributed by atoms with van der Waals surface area (Å²) in [6.07, 6.45) is 12.5. The zero-order valence-corrected chi connectivity index (χ0v) is 20.7. The predicted molar refractivity (Wildman–Crippen MR) is 138 cm³/mol. The molecule has 182 valence electrons. The highest BCUT2D eigenvalue weighted by Crippen LogP contribution is 2.30. The first-order chi connectivity index (χ1) is 17.3. The maximum atomic E-state index is 4.96. The summed E-state index contributed by atoms with van der Waals surface area (Å²) in [4.78, 5) is 4.96. The summed E-state index contributed by atoms with van der Waals surface area (Å²) in [5.41, 5.74) is 4.42. The van der Waals surface area contributed by atoms with Crippen LogP contribution in [0, 0.1) is 5.92 Å². The molecule has 1 aliphatic rings. The average molecular weight is 470 g/mol. The van der Waals surface area contributed by atoms with Crippen LogP contribution in [-0.2, 0) is 19.4 Å². The second kappa shape index (κ2) is 11.4. The van der Waals surface area contributed by atoms with Gasteiger partial charge in [0.05, 0.1) is 6.54 Å². The van der Waals surface area contributed by atoms with Crippen LogP contribution in [0.2, 0.25) is 0 Å². The van der Waals surface area contributed by atoms with E-state index in [1.165, 1.54) is 50.5 Å². The number of benzene rings is 2. The van der Waals surface area contributed by atoms with E-state index in [9.17, 15) is 0 Å². The fraction of sp³-hybridized carbons (Fsp3) is 0.464. The molecule has 1 aliphatic carbocycles. The first-order valence-electron chi connectivity index (χ1n) is 13.1. The van der Waals surface area contributed by atoms with E-state index in [0.717, 1.165) is 60.1 Å². The van der Waals surface area contributed by atoms with Gasteiger partial charge in [-0.1, -0.05) is 94.0 Å². The van der Waals surface area contributed by atoms with Crippen molar-refractivity contribution in [3.05, 3.63) is 65.7 Å². The molecular formula is C28H35N7. The van der Waals surface area contributed by atoms with Crippen molar-refractivity contribution in [2.75, 3.05) is 0 Å². The minimum Gasteiger partial charge on any atom is -0.245 e. The Balaban J connectivity index is 1.31. The van der Waals surface area contributed by atoms with Gasteiger partial charge in [0.15, 0.2) is 5.82 Å². The Morgan fingerprint density at radius 1 is 0.943 bits per heavy atom. The van der Waals surface area contributed by atoms with Gasteiger partial charge in [-0.2, -0.15) is 10.3 Å². The van der Waals surface area contributed by atoms with E-state index < -0.39 is 0 Å². The number of rotatable bonds is 10. The van der Waals surface area contributed by atoms with Gasteiger partial charge in [-0.15, -0.1) is 10.2 Å². The average Bonchev–Trinajstić information content (AvgIpc) is 3.58. The molecule has 0 saturated heterocycles. The quantitative estimate of drug-likeness (QED) is 0.306. The minimum absolute atomic E-state index is 0.605. The molecule has 7 heteroatoms. The molecule has 1 N–H and O–H groups in total. The Bertz CT molecular complexity index is 1190. The number of H-pyrrole nitrogens is 1. The molecule has 2 aromatic carbocycles. The molecule has 0 amide bonds. The Kier molecular flexibility index (Phi) is 7.61. The van der Waals surface area contributed by atoms with Gasteiger partial charge in [-0.25, -0.2) is 9.67 Å². The first kappa shape index (κ1) is 23.4. The molecule has 0 atom stereocenters. The largest absolute Gasteiger partial charge is 0.245 e. The maximum Gasteiger partial charge on any atom is 0.205 e. The summed E-state index contributed by atoms with van der Waals surface area (Å²) < 4.78 is 2.13. The smallest absolute Gasteiger partial charge is 0.205 e. The van der Waals surface area contributed by atoms with Crippen molar-refractivity contribution in [3.8, 4) is 22.5 Å². The SMILES string of the molecule is CCCCc1nc(CCC2CCCCC2)nn1Cc1ccc(-c2ccccc2-c2nn[nH]n2)cc1. The van der Waals surface area contributed by atoms with Crippen LogP contribution in [0.3, 0.4) is 0 Å². The molecule has 1 saturated carbocycles. The van der Waals surface area contributed by atoms with Crippen LogP contribution in [0.5, 0.6) is 0 Å². The molecule has 0 spiro atoms. The summed E-state index contributed by atoms with van der Waals surface area (Å²) in [6.45, 7) is 2.98. The molecule has 0 unspecified atom stereocenters. The molecule has 2 heterocycles. The number of aromatic amines is 1. The molecular weight excluding hydrogens is 434 g/mol. The number of hydrogen-bond acceptors (Lipinski definition) is 5. The van der Waals surface area contributed by atoms with Crippen molar-refractivity contribution in [3.63, 3.8) is 0 Å². The monoisotopic (exact) mass is 469 g/mol. The number of unbranched alkanes of at least 4 members (excludes halogenated alkanes) is 1. The van der Waals surface area contributed by atoms with Crippen LogP contribution < -0.4 is 0 Å². The second-order valence-corrected chi connectivity index (χ2v) is 9.73. The predicted octanol–water partition coefficient (Wildman–Crippen LogP) is 6.03. The summed E-state index contributed by atoms with van der Waals surface area (Å²) in [7, 11) is 0. The number of tetrazole rings is 1. The molecule has 0 radical (unpaired) electrons. The maximum absolute atomic E-state index is 4.96. The number of aryl methyl sites for hydroxylation is 2. The topological polar surface area (TPSA) is 85.2 Å². The van der Waals surface area contributed by atoms with Crippen molar-refractivity contribution in [2.45, 2.75) is 77.7 Å². The Labute approximate surface area is 207 Å². The first-order valence-corrected chi connectivity index (χ1v) is 13.1. The van der Waals surface area contributed by atoms with Crippen LogP contribution >= 0.6 is 0 Å². The van der Waals surface area contributed by atoms with E-state index in [-0.39, 0.29) is 0 Å². The minimum atomic E-state index is 0.605. The summed E-state index contributed by atoms with van der Waals surface area (Å²) in [5.74, 6) is 3.61. The number of nitrogens with zero attached hydrogens (tertiary/aromatic N) is 6. The van der Waals surface area contributed by atoms with Gasteiger partial charge in [0.25, 0.3) is 0 Å². The fourth-order valence-electron chi connectivity index (χ4n) is 5.16. The van der Waals surface area contributed by atoms with Crippen molar-refractivity contribution < 1.29 is 0 Å². The van der Waals surface area contributed by atoms with E-state index >= 15 is 0 Å². The zero-order chi connectivity index (χ0) is 23.9. The van der Waals surface area contributed by atoms with E-state index in [1.54, 1.807) is 0 Å². The van der Waals surface area contributed by atoms with Crippen LogP contribution in [0.25, 0.3) is 22.5 Å². The lowest BCUT2D eigenvalue weighted by atomic mass is 9.86. The van der Waals surface area contributed by atoms with E-state index in [2.05, 4.69) is 62.6 Å². The zero-order valence-electron chi connectivity index (χ0n) is 20.7. The van der Waals surface area contributed by atoms with Crippen molar-refractivity contribution in [1.29, 1.82) is 0 Å². The summed E-state index contributed by atoms with van der Waals surface area (Å²) in [6, 6.07) is 16.9. The number of hydrogen-bond donors (Lipinski definition) is 1. The van der Waals surface area contributed by atoms with Crippen LogP contribution in [0.4, 0.5) is 0 Å². The standard InChI is InChI=1S/C28H35N7/c1-2-3-13-27-29-26(19-16-21-9-5-4-6-10-21)32-35(27)20-22-14-17-23(18-15-22)24-11-7-8-12-25(24)28-30-33-34-31-28/h7-8,11-12,14-15,17-18,21H,2-6,9-10,13,16,19-20H2,1H3,(H,30,31,33,34). The van der Waals surface area contributed by atoms with Crippen LogP contribution in [0.15, 0.2) is 48.5 Å². The van der Waals surface area contributed by atoms with Gasteiger partial charge < -0.3 is 0 Å². The lowest BCUT2D eigenvalue weighted by molar-refractivity contribution is 0.337. The third-order valence-corrected chi connectivity index (χ3v) is 7.16. The highest BCUT2D eigenvalue weighted by molar-refractivity contribution is 5.80. The molecule has 2 aromatic heterocycles. The highest BCUT2D eigenvalue weighted by Gasteiger charge is 2.16. The van der Waals surface area contributed by atoms with E-state index in [0.29, 0.717) is 5.82 Å². The van der Waals surface area contributed by atoms with Crippen LogP contribution in [-0.4, -0.2) is 35.4 Å². The van der Waals surface area contributed by atoms with Gasteiger partial charge in [-0.3, -0.25) is 0 Å². The molecule has 5 rings (SSSR count). The van der Waals surface area contributed by atoms with Crippen molar-refractivity contribution >= 4 is 0 Å². The fourth-order valence-corrected chi connectivity index (χ4v) is 5.16. The summed E-state index contributed by atoms with van der Waals surface area (Å²) >= 11 is 0. The second-order valence-electron chi connectivity index (χ2n) is 9.73. The van der Waals surface area contributed by atoms with Crippen LogP contribution in [0.1, 0.15) is 75.5 Å². The summed E-state index contributed by atoms with van der Waals surface area (Å²) in [5, 5.41) is 19.5. The van der Waals surface area contributed by atoms with Gasteiger partial charge in [0, 0.05) is 18.4 Å². The molecule has 0 aliphatic heterocycles. The van der Waals surface area contributed by atoms with Gasteiger partial charge in [-0.05, 0) is 40.7 Å². The Hall–Kier alpha value is -3.35. The lowest BCUT2D eigenvalue weighted by Crippen LogP contribution is -2.08. The lowest BCUT2D eigenvalue weighted by Gasteiger charge is -2.20. The molecule has 0 bridgehead atoms. The van der Waals surface area contributed by atoms with Gasteiger partial charge in [0.2, 0.25) is 5.82 Å². The third kappa shape index (κ3) is 5.84. The highest BCUT2D eigenvalue weighted by atomic mass is 15.5. The Morgan fingerprint density at radius 2 is 1.74 bits per heavy atom. The molecule has 1 fully saturated rings. The molecule has 4 aromatic rings. The third-order valence-electron chi connectivity index (χ3n) is 7.16. The Morgan fingerprint density at radius 3 is 2.49 bits per heavy atom. The number of aromatic nitrogens is 7. The molecule has 7 nitrogen and oxygen atoms in total. The van der Waals surface area contributed by atoms with E-state index in [4.69, 9.17) is 10.1 Å². The normalized spacial score (nSPS) is 14.4. The number of nitrogens with one attached hydrogen (secondary N) is 1. The van der Waals surface area contributed by atoms with E-state index in [1.807, 2.05) is 18.2 Å². The van der Waals surface area contributed by atoms with Gasteiger partial charge >= 0.3 is 0 Å².